The maximum atomic E-state index is 12.9. The predicted octanol–water partition coefficient (Wildman–Crippen LogP) is 3.16. The molecule has 0 aliphatic carbocycles. The minimum atomic E-state index is 0.223. The molecule has 0 spiro atoms. The Kier molecular flexibility index (Phi) is 7.84. The van der Waals surface area contributed by atoms with Gasteiger partial charge in [0, 0.05) is 38.9 Å². The first-order chi connectivity index (χ1) is 11.2. The van der Waals surface area contributed by atoms with Crippen LogP contribution in [-0.4, -0.2) is 61.1 Å². The fourth-order valence-corrected chi connectivity index (χ4v) is 3.81. The zero-order chi connectivity index (χ0) is 16.7. The van der Waals surface area contributed by atoms with Crippen molar-refractivity contribution < 1.29 is 9.53 Å². The topological polar surface area (TPSA) is 32.8 Å². The van der Waals surface area contributed by atoms with Crippen LogP contribution in [0.2, 0.25) is 0 Å². The Morgan fingerprint density at radius 1 is 1.22 bits per heavy atom. The molecule has 134 valence electrons. The smallest absolute Gasteiger partial charge is 0.227 e. The molecule has 0 aromatic rings. The van der Waals surface area contributed by atoms with E-state index in [0.29, 0.717) is 17.9 Å². The van der Waals surface area contributed by atoms with E-state index >= 15 is 0 Å². The summed E-state index contributed by atoms with van der Waals surface area (Å²) in [6.07, 6.45) is 6.71. The van der Waals surface area contributed by atoms with Gasteiger partial charge in [0.2, 0.25) is 5.91 Å². The summed E-state index contributed by atoms with van der Waals surface area (Å²) in [4.78, 5) is 17.6. The predicted molar refractivity (Wildman–Crippen MR) is 94.5 cm³/mol. The monoisotopic (exact) mass is 324 g/mol. The molecule has 0 aromatic carbocycles. The van der Waals surface area contributed by atoms with Crippen LogP contribution in [0.15, 0.2) is 0 Å². The van der Waals surface area contributed by atoms with Crippen molar-refractivity contribution in [3.63, 3.8) is 0 Å². The van der Waals surface area contributed by atoms with Gasteiger partial charge < -0.3 is 9.64 Å². The number of rotatable bonds is 8. The van der Waals surface area contributed by atoms with E-state index in [1.807, 2.05) is 0 Å². The molecule has 2 rings (SSSR count). The first-order valence-corrected chi connectivity index (χ1v) is 9.76. The van der Waals surface area contributed by atoms with Crippen molar-refractivity contribution in [3.05, 3.63) is 0 Å². The molecular weight excluding hydrogens is 288 g/mol. The van der Waals surface area contributed by atoms with Crippen molar-refractivity contribution in [2.45, 2.75) is 65.3 Å². The molecule has 1 amide bonds. The van der Waals surface area contributed by atoms with Crippen LogP contribution in [0.4, 0.5) is 0 Å². The standard InChI is InChI=1S/C19H36N2O2/c1-4-10-20(11-6-16(3)5-2)19(22)17-7-12-21(15-17)18-8-13-23-14-9-18/h16-18H,4-15H2,1-3H3. The third-order valence-electron chi connectivity index (χ3n) is 5.67. The minimum absolute atomic E-state index is 0.223. The van der Waals surface area contributed by atoms with Crippen LogP contribution in [0, 0.1) is 11.8 Å². The lowest BCUT2D eigenvalue weighted by molar-refractivity contribution is -0.135. The fourth-order valence-electron chi connectivity index (χ4n) is 3.81. The van der Waals surface area contributed by atoms with Gasteiger partial charge in [-0.2, -0.15) is 0 Å². The summed E-state index contributed by atoms with van der Waals surface area (Å²) < 4.78 is 5.47. The van der Waals surface area contributed by atoms with Crippen molar-refractivity contribution >= 4 is 5.91 Å². The van der Waals surface area contributed by atoms with Crippen molar-refractivity contribution in [3.8, 4) is 0 Å². The second kappa shape index (κ2) is 9.63. The van der Waals surface area contributed by atoms with E-state index in [4.69, 9.17) is 4.74 Å². The van der Waals surface area contributed by atoms with Gasteiger partial charge in [-0.25, -0.2) is 0 Å². The van der Waals surface area contributed by atoms with E-state index in [1.54, 1.807) is 0 Å². The maximum Gasteiger partial charge on any atom is 0.227 e. The van der Waals surface area contributed by atoms with Gasteiger partial charge in [0.05, 0.1) is 5.92 Å². The average molecular weight is 325 g/mol. The van der Waals surface area contributed by atoms with E-state index in [9.17, 15) is 4.79 Å². The molecule has 23 heavy (non-hydrogen) atoms. The summed E-state index contributed by atoms with van der Waals surface area (Å²) in [6, 6.07) is 0.640. The molecule has 0 aromatic heterocycles. The summed E-state index contributed by atoms with van der Waals surface area (Å²) >= 11 is 0. The Hall–Kier alpha value is -0.610. The lowest BCUT2D eigenvalue weighted by Crippen LogP contribution is -2.41. The lowest BCUT2D eigenvalue weighted by atomic mass is 10.0. The summed E-state index contributed by atoms with van der Waals surface area (Å²) in [5.41, 5.74) is 0. The van der Waals surface area contributed by atoms with E-state index < -0.39 is 0 Å². The van der Waals surface area contributed by atoms with Gasteiger partial charge in [-0.1, -0.05) is 27.2 Å². The van der Waals surface area contributed by atoms with Crippen LogP contribution >= 0.6 is 0 Å². The summed E-state index contributed by atoms with van der Waals surface area (Å²) in [5.74, 6) is 1.34. The third-order valence-corrected chi connectivity index (χ3v) is 5.67. The molecule has 0 radical (unpaired) electrons. The summed E-state index contributed by atoms with van der Waals surface area (Å²) in [7, 11) is 0. The Balaban J connectivity index is 1.84. The van der Waals surface area contributed by atoms with Gasteiger partial charge >= 0.3 is 0 Å². The highest BCUT2D eigenvalue weighted by Crippen LogP contribution is 2.25. The van der Waals surface area contributed by atoms with Gasteiger partial charge in [0.1, 0.15) is 0 Å². The molecular formula is C19H36N2O2. The van der Waals surface area contributed by atoms with Gasteiger partial charge in [0.15, 0.2) is 0 Å². The first kappa shape index (κ1) is 18.7. The SMILES string of the molecule is CCCN(CCC(C)CC)C(=O)C1CCN(C2CCOCC2)C1. The van der Waals surface area contributed by atoms with Crippen LogP contribution in [0.25, 0.3) is 0 Å². The van der Waals surface area contributed by atoms with Gasteiger partial charge in [0.25, 0.3) is 0 Å². The number of carbonyl (C=O) groups excluding carboxylic acids is 1. The molecule has 4 heteroatoms. The fraction of sp³-hybridized carbons (Fsp3) is 0.947. The number of nitrogens with zero attached hydrogens (tertiary/aromatic N) is 2. The lowest BCUT2D eigenvalue weighted by Gasteiger charge is -2.31. The number of carbonyl (C=O) groups is 1. The molecule has 4 nitrogen and oxygen atoms in total. The number of hydrogen-bond donors (Lipinski definition) is 0. The van der Waals surface area contributed by atoms with Crippen LogP contribution in [0.3, 0.4) is 0 Å². The summed E-state index contributed by atoms with van der Waals surface area (Å²) in [5, 5.41) is 0. The van der Waals surface area contributed by atoms with E-state index in [-0.39, 0.29) is 5.92 Å². The molecule has 2 heterocycles. The number of likely N-dealkylation sites (tertiary alicyclic amines) is 1. The van der Waals surface area contributed by atoms with Crippen LogP contribution < -0.4 is 0 Å². The molecule has 2 atom stereocenters. The van der Waals surface area contributed by atoms with Crippen molar-refractivity contribution in [2.75, 3.05) is 39.4 Å². The molecule has 2 aliphatic heterocycles. The van der Waals surface area contributed by atoms with Crippen molar-refractivity contribution in [1.29, 1.82) is 0 Å². The second-order valence-corrected chi connectivity index (χ2v) is 7.45. The highest BCUT2D eigenvalue weighted by atomic mass is 16.5. The number of amides is 1. The third kappa shape index (κ3) is 5.46. The van der Waals surface area contributed by atoms with Crippen LogP contribution in [0.1, 0.15) is 59.3 Å². The minimum Gasteiger partial charge on any atom is -0.381 e. The number of ether oxygens (including phenoxy) is 1. The largest absolute Gasteiger partial charge is 0.381 e. The second-order valence-electron chi connectivity index (χ2n) is 7.45. The van der Waals surface area contributed by atoms with Crippen molar-refractivity contribution in [1.82, 2.24) is 9.80 Å². The van der Waals surface area contributed by atoms with E-state index in [2.05, 4.69) is 30.6 Å². The molecule has 2 saturated heterocycles. The molecule has 2 fully saturated rings. The molecule has 0 bridgehead atoms. The zero-order valence-corrected chi connectivity index (χ0v) is 15.4. The van der Waals surface area contributed by atoms with Crippen molar-refractivity contribution in [2.24, 2.45) is 11.8 Å². The van der Waals surface area contributed by atoms with Crippen LogP contribution in [-0.2, 0) is 9.53 Å². The highest BCUT2D eigenvalue weighted by Gasteiger charge is 2.34. The molecule has 2 unspecified atom stereocenters. The van der Waals surface area contributed by atoms with Gasteiger partial charge in [-0.05, 0) is 44.6 Å². The average Bonchev–Trinajstić information content (AvgIpc) is 3.08. The Bertz CT molecular complexity index is 355. The highest BCUT2D eigenvalue weighted by molar-refractivity contribution is 5.79. The van der Waals surface area contributed by atoms with Crippen LogP contribution in [0.5, 0.6) is 0 Å². The first-order valence-electron chi connectivity index (χ1n) is 9.76. The zero-order valence-electron chi connectivity index (χ0n) is 15.4. The van der Waals surface area contributed by atoms with E-state index in [1.165, 1.54) is 6.42 Å². The Morgan fingerprint density at radius 2 is 1.96 bits per heavy atom. The molecule has 2 aliphatic rings. The normalized spacial score (nSPS) is 24.7. The summed E-state index contributed by atoms with van der Waals surface area (Å²) in [6.45, 7) is 12.4. The maximum absolute atomic E-state index is 12.9. The molecule has 0 N–H and O–H groups in total. The van der Waals surface area contributed by atoms with E-state index in [0.717, 1.165) is 71.5 Å². The Labute approximate surface area is 142 Å². The Morgan fingerprint density at radius 3 is 2.61 bits per heavy atom. The number of hydrogen-bond acceptors (Lipinski definition) is 3. The quantitative estimate of drug-likeness (QED) is 0.687. The van der Waals surface area contributed by atoms with Gasteiger partial charge in [-0.15, -0.1) is 0 Å². The molecule has 0 saturated carbocycles. The van der Waals surface area contributed by atoms with Gasteiger partial charge in [-0.3, -0.25) is 9.69 Å².